The number of hydrogen-bond donors (Lipinski definition) is 4. The molecule has 0 unspecified atom stereocenters. The number of carbonyl (C=O) groups excluding carboxylic acids is 3. The number of hydrogen-bond acceptors (Lipinski definition) is 10. The molecule has 1 aliphatic rings. The van der Waals surface area contributed by atoms with Gasteiger partial charge in [0, 0.05) is 13.5 Å². The van der Waals surface area contributed by atoms with Crippen LogP contribution in [0.2, 0.25) is 0 Å². The molecule has 4 aromatic rings. The second kappa shape index (κ2) is 18.3. The number of unbranched alkanes of at least 4 members (excludes halogenated alkanes) is 1. The molecular weight excluding hydrogens is 717 g/mol. The van der Waals surface area contributed by atoms with Crippen molar-refractivity contribution in [3.05, 3.63) is 137 Å². The molecule has 2 amide bonds. The third-order valence-electron chi connectivity index (χ3n) is 7.79. The fourth-order valence-corrected chi connectivity index (χ4v) is 6.32. The van der Waals surface area contributed by atoms with Gasteiger partial charge in [-0.2, -0.15) is 8.42 Å². The predicted octanol–water partition coefficient (Wildman–Crippen LogP) is 5.09. The van der Waals surface area contributed by atoms with E-state index in [1.165, 1.54) is 32.2 Å². The molecule has 14 nitrogen and oxygen atoms in total. The normalized spacial score (nSPS) is 13.3. The number of ether oxygens (including phenoxy) is 4. The van der Waals surface area contributed by atoms with E-state index in [0.29, 0.717) is 29.9 Å². The fourth-order valence-electron chi connectivity index (χ4n) is 5.25. The van der Waals surface area contributed by atoms with Crippen LogP contribution in [-0.2, 0) is 37.7 Å². The highest BCUT2D eigenvalue weighted by molar-refractivity contribution is 7.91. The number of carbonyl (C=O) groups is 3. The monoisotopic (exact) mass is 756 g/mol. The minimum Gasteiger partial charge on any atom is -0.493 e. The highest BCUT2D eigenvalue weighted by Gasteiger charge is 2.31. The molecule has 1 heterocycles. The minimum absolute atomic E-state index is 0.0523. The summed E-state index contributed by atoms with van der Waals surface area (Å²) in [6.07, 6.45) is 3.45. The van der Waals surface area contributed by atoms with Crippen molar-refractivity contribution in [1.29, 1.82) is 0 Å². The Balaban J connectivity index is 1.22. The average Bonchev–Trinajstić information content (AvgIpc) is 3.45. The molecule has 0 spiro atoms. The molecule has 0 bridgehead atoms. The summed E-state index contributed by atoms with van der Waals surface area (Å²) in [5, 5.41) is 15.2. The molecule has 0 saturated heterocycles. The first kappa shape index (κ1) is 38.7. The highest BCUT2D eigenvalue weighted by atomic mass is 32.2. The van der Waals surface area contributed by atoms with Gasteiger partial charge in [0.1, 0.15) is 47.4 Å². The van der Waals surface area contributed by atoms with Gasteiger partial charge in [-0.1, -0.05) is 72.8 Å². The van der Waals surface area contributed by atoms with Gasteiger partial charge in [-0.15, -0.1) is 0 Å². The Labute approximate surface area is 313 Å². The van der Waals surface area contributed by atoms with Crippen molar-refractivity contribution in [2.45, 2.75) is 33.0 Å². The molecule has 15 heteroatoms. The van der Waals surface area contributed by atoms with E-state index in [1.807, 2.05) is 65.4 Å². The Bertz CT molecular complexity index is 2120. The smallest absolute Gasteiger partial charge is 0.345 e. The van der Waals surface area contributed by atoms with Gasteiger partial charge in [0.05, 0.1) is 19.9 Å². The first-order valence-corrected chi connectivity index (χ1v) is 18.3. The van der Waals surface area contributed by atoms with Gasteiger partial charge in [-0.3, -0.25) is 9.59 Å². The van der Waals surface area contributed by atoms with Crippen molar-refractivity contribution >= 4 is 39.8 Å². The van der Waals surface area contributed by atoms with E-state index in [4.69, 9.17) is 18.9 Å². The van der Waals surface area contributed by atoms with Gasteiger partial charge in [0.25, 0.3) is 5.91 Å². The van der Waals surface area contributed by atoms with E-state index < -0.39 is 33.9 Å². The summed E-state index contributed by atoms with van der Waals surface area (Å²) in [7, 11) is -2.84. The second-order valence-electron chi connectivity index (χ2n) is 11.9. The van der Waals surface area contributed by atoms with Crippen LogP contribution in [0, 0.1) is 0 Å². The number of benzene rings is 4. The van der Waals surface area contributed by atoms with Crippen molar-refractivity contribution in [3.63, 3.8) is 0 Å². The van der Waals surface area contributed by atoms with E-state index >= 15 is 0 Å². The number of anilines is 1. The largest absolute Gasteiger partial charge is 0.493 e. The molecular formula is C39H40N4O10S. The lowest BCUT2D eigenvalue weighted by molar-refractivity contribution is -0.122. The van der Waals surface area contributed by atoms with Crippen LogP contribution in [0.3, 0.4) is 0 Å². The second-order valence-corrected chi connectivity index (χ2v) is 13.4. The zero-order valence-electron chi connectivity index (χ0n) is 29.6. The van der Waals surface area contributed by atoms with E-state index in [2.05, 4.69) is 10.6 Å². The van der Waals surface area contributed by atoms with Crippen LogP contribution < -0.4 is 33.9 Å². The highest BCUT2D eigenvalue weighted by Crippen LogP contribution is 2.35. The molecule has 0 atom stereocenters. The number of aliphatic hydroxyl groups is 1. The van der Waals surface area contributed by atoms with E-state index in [9.17, 15) is 27.9 Å². The molecule has 0 saturated carbocycles. The molecule has 0 aromatic heterocycles. The van der Waals surface area contributed by atoms with Gasteiger partial charge in [0.15, 0.2) is 0 Å². The lowest BCUT2D eigenvalue weighted by Gasteiger charge is -2.19. The number of methoxy groups -OCH3 is 1. The Hall–Kier alpha value is -6.48. The summed E-state index contributed by atoms with van der Waals surface area (Å²) < 4.78 is 51.0. The lowest BCUT2D eigenvalue weighted by Crippen LogP contribution is -2.34. The van der Waals surface area contributed by atoms with Crippen LogP contribution in [0.5, 0.6) is 17.2 Å². The number of aliphatic hydroxyl groups excluding tert-OH is 1. The molecule has 4 aromatic carbocycles. The van der Waals surface area contributed by atoms with Crippen LogP contribution in [0.1, 0.15) is 46.8 Å². The van der Waals surface area contributed by atoms with Crippen LogP contribution in [-0.4, -0.2) is 51.6 Å². The summed E-state index contributed by atoms with van der Waals surface area (Å²) in [6, 6.07) is 28.3. The summed E-state index contributed by atoms with van der Waals surface area (Å²) in [6.45, 7) is 2.08. The Kier molecular flexibility index (Phi) is 13.2. The third-order valence-corrected chi connectivity index (χ3v) is 9.07. The van der Waals surface area contributed by atoms with Crippen LogP contribution in [0.4, 0.5) is 5.69 Å². The van der Waals surface area contributed by atoms with Crippen LogP contribution >= 0.6 is 0 Å². The number of esters is 1. The maximum atomic E-state index is 13.2. The zero-order chi connectivity index (χ0) is 38.5. The van der Waals surface area contributed by atoms with Crippen molar-refractivity contribution in [1.82, 2.24) is 15.4 Å². The topological polar surface area (TPSA) is 182 Å². The Morgan fingerprint density at radius 3 is 2.04 bits per heavy atom. The average molecular weight is 757 g/mol. The van der Waals surface area contributed by atoms with Gasteiger partial charge in [-0.05, 0) is 59.9 Å². The number of nitrogens with one attached hydrogen (secondary N) is 3. The lowest BCUT2D eigenvalue weighted by atomic mass is 10.1. The van der Waals surface area contributed by atoms with Crippen LogP contribution in [0.25, 0.3) is 6.08 Å². The maximum absolute atomic E-state index is 13.2. The van der Waals surface area contributed by atoms with E-state index in [-0.39, 0.29) is 49.1 Å². The number of amides is 2. The molecule has 0 radical (unpaired) electrons. The summed E-state index contributed by atoms with van der Waals surface area (Å²) in [4.78, 5) is 38.0. The quantitative estimate of drug-likeness (QED) is 0.0643. The predicted molar refractivity (Wildman–Crippen MR) is 201 cm³/mol. The first-order valence-electron chi connectivity index (χ1n) is 16.9. The molecule has 54 heavy (non-hydrogen) atoms. The fraction of sp³-hybridized carbons (Fsp3) is 0.205. The molecule has 282 valence electrons. The van der Waals surface area contributed by atoms with Crippen molar-refractivity contribution in [2.75, 3.05) is 24.6 Å². The molecule has 4 N–H and O–H groups in total. The van der Waals surface area contributed by atoms with E-state index in [0.717, 1.165) is 21.6 Å². The van der Waals surface area contributed by atoms with E-state index in [1.54, 1.807) is 24.3 Å². The minimum atomic E-state index is -4.13. The van der Waals surface area contributed by atoms with Gasteiger partial charge in [0.2, 0.25) is 11.8 Å². The van der Waals surface area contributed by atoms with Crippen molar-refractivity contribution in [3.8, 4) is 17.2 Å². The van der Waals surface area contributed by atoms with Gasteiger partial charge >= 0.3 is 16.2 Å². The Morgan fingerprint density at radius 2 is 1.44 bits per heavy atom. The molecule has 5 rings (SSSR count). The summed E-state index contributed by atoms with van der Waals surface area (Å²) in [5.74, 6) is -1.44. The standard InChI is InChI=1S/C39H40N4O10S/c1-27(44)41-31(22-30-18-19-32(43-24-36(45)42-54(43,48)49)35(23-30)53-26-29-14-7-4-8-15-29)38(46)40-20-9-10-21-51-33-16-11-17-34(37(33)39(47)50-2)52-25-28-12-5-3-6-13-28/h3-8,11-19,22-24,42,45H,9-10,20-21,25-26H2,1-2H3,(H,40,46)(H,41,44). The number of rotatable bonds is 17. The van der Waals surface area contributed by atoms with Crippen molar-refractivity contribution in [2.24, 2.45) is 0 Å². The maximum Gasteiger partial charge on any atom is 0.345 e. The van der Waals surface area contributed by atoms with Gasteiger partial charge in [-0.25, -0.2) is 13.8 Å². The van der Waals surface area contributed by atoms with Gasteiger partial charge < -0.3 is 34.7 Å². The van der Waals surface area contributed by atoms with Crippen LogP contribution in [0.15, 0.2) is 115 Å². The summed E-state index contributed by atoms with van der Waals surface area (Å²) >= 11 is 0. The Morgan fingerprint density at radius 1 is 0.815 bits per heavy atom. The van der Waals surface area contributed by atoms with Crippen molar-refractivity contribution < 1.29 is 46.9 Å². The SMILES string of the molecule is COC(=O)c1c(OCCCCNC(=O)C(=Cc2ccc(N3C=C(O)NS3(=O)=O)c(OCc3ccccc3)c2)NC(C)=O)cccc1OCc1ccccc1. The number of nitrogens with zero attached hydrogens (tertiary/aromatic N) is 1. The third kappa shape index (κ3) is 10.5. The summed E-state index contributed by atoms with van der Waals surface area (Å²) in [5.41, 5.74) is 2.40. The molecule has 0 fully saturated rings. The zero-order valence-corrected chi connectivity index (χ0v) is 30.4. The first-order chi connectivity index (χ1) is 26.0. The molecule has 1 aliphatic heterocycles. The molecule has 0 aliphatic carbocycles.